The molecule has 0 saturated carbocycles. The highest BCUT2D eigenvalue weighted by molar-refractivity contribution is 9.10. The first-order valence-electron chi connectivity index (χ1n) is 32.6. The summed E-state index contributed by atoms with van der Waals surface area (Å²) in [5.41, 5.74) is 13.3. The maximum Gasteiger partial charge on any atom is 0.135 e. The number of furan rings is 2. The van der Waals surface area contributed by atoms with E-state index in [9.17, 15) is 0 Å². The van der Waals surface area contributed by atoms with Gasteiger partial charge in [-0.2, -0.15) is 0 Å². The minimum atomic E-state index is -0.458. The molecule has 77 heavy (non-hydrogen) atoms. The van der Waals surface area contributed by atoms with Gasteiger partial charge < -0.3 is 18.4 Å². The van der Waals surface area contributed by atoms with E-state index in [0.29, 0.717) is 5.69 Å². The Morgan fingerprint density at radius 3 is 1.10 bits per heavy atom. The Morgan fingerprint density at radius 1 is 0.312 bits per heavy atom. The number of hydrogen-bond donors (Lipinski definition) is 1. The molecule has 16 aromatic rings. The monoisotopic (exact) mass is 1070 g/mol. The number of rotatable bonds is 5. The Bertz CT molecular complexity index is 5610. The average molecular weight is 1070 g/mol. The van der Waals surface area contributed by atoms with Crippen LogP contribution in [0.1, 0.15) is 21.9 Å². The lowest BCUT2D eigenvalue weighted by molar-refractivity contribution is 0.668. The molecule has 1 N–H and O–H groups in total. The molecule has 4 heterocycles. The number of fused-ring (bicyclic) bond motifs is 12. The molecule has 0 atom stereocenters. The summed E-state index contributed by atoms with van der Waals surface area (Å²) in [5, 5.41) is 4.76. The number of aromatic amines is 1. The van der Waals surface area contributed by atoms with E-state index in [1.807, 2.05) is 66.7 Å². The molecule has 5 heteroatoms. The zero-order valence-electron chi connectivity index (χ0n) is 56.5. The van der Waals surface area contributed by atoms with Crippen LogP contribution in [-0.2, 0) is 0 Å². The Kier molecular flexibility index (Phi) is 8.10. The molecular weight excluding hydrogens is 1000 g/mol. The van der Waals surface area contributed by atoms with Crippen LogP contribution in [0.15, 0.2) is 292 Å². The number of halogens is 1. The quantitative estimate of drug-likeness (QED) is 0.187. The predicted octanol–water partition coefficient (Wildman–Crippen LogP) is 21.0. The molecule has 0 bridgehead atoms. The highest BCUT2D eigenvalue weighted by atomic mass is 79.9. The van der Waals surface area contributed by atoms with Gasteiger partial charge in [0.05, 0.1) is 33.0 Å². The molecule has 0 aliphatic carbocycles. The third-order valence-corrected chi connectivity index (χ3v) is 14.3. The first-order chi connectivity index (χ1) is 44.7. The van der Waals surface area contributed by atoms with Crippen LogP contribution in [0.4, 0.5) is 0 Å². The summed E-state index contributed by atoms with van der Waals surface area (Å²) in [5.74, 6) is 0. The lowest BCUT2D eigenvalue weighted by Crippen LogP contribution is -1.93. The van der Waals surface area contributed by atoms with Crippen LogP contribution in [0.5, 0.6) is 0 Å². The fourth-order valence-corrected chi connectivity index (χ4v) is 10.2. The van der Waals surface area contributed by atoms with Crippen molar-refractivity contribution in [2.75, 3.05) is 0 Å². The number of nitrogens with zero attached hydrogens (tertiary/aromatic N) is 1. The van der Waals surface area contributed by atoms with E-state index in [0.717, 1.165) is 70.6 Å². The summed E-state index contributed by atoms with van der Waals surface area (Å²) >= 11 is 3.49. The zero-order chi connectivity index (χ0) is 65.2. The van der Waals surface area contributed by atoms with Gasteiger partial charge in [0, 0.05) is 64.3 Å². The molecule has 0 saturated heterocycles. The van der Waals surface area contributed by atoms with Crippen LogP contribution >= 0.6 is 15.9 Å². The smallest absolute Gasteiger partial charge is 0.135 e. The predicted molar refractivity (Wildman–Crippen MR) is 327 cm³/mol. The van der Waals surface area contributed by atoms with Crippen LogP contribution in [0.25, 0.3) is 138 Å². The van der Waals surface area contributed by atoms with Gasteiger partial charge in [-0.25, -0.2) is 0 Å². The molecule has 0 fully saturated rings. The van der Waals surface area contributed by atoms with Gasteiger partial charge in [0.15, 0.2) is 0 Å². The number of para-hydroxylation sites is 6. The molecular formula is C72H47BrN2O2. The lowest BCUT2D eigenvalue weighted by Gasteiger charge is -2.10. The van der Waals surface area contributed by atoms with Crippen molar-refractivity contribution in [2.24, 2.45) is 0 Å². The largest absolute Gasteiger partial charge is 0.456 e. The SMILES string of the molecule is Brc1ccc(-c2ccc(-c3ccc4oc5ccccc5c4c3)cc2)cc1.[2H]c1c([2H])c([2H])c2c([nH]c3c([2H])c([2H])c([2H])c([2H])c32)c1[2H].[2H]c1c([2H])c([2H])c2c(c1[2H])c1c([2H])c([2H])c([2H])c([2H])c1n2-c1ccc(-c2ccc(-c3ccc4oc5ccccc5c4c3)cc2)cc1. The second-order valence-corrected chi connectivity index (χ2v) is 19.2. The maximum atomic E-state index is 8.71. The first kappa shape index (κ1) is 31.9. The normalized spacial score (nSPS) is 14.4. The van der Waals surface area contributed by atoms with Crippen LogP contribution in [0.3, 0.4) is 0 Å². The third-order valence-electron chi connectivity index (χ3n) is 13.7. The van der Waals surface area contributed by atoms with Crippen molar-refractivity contribution in [3.63, 3.8) is 0 Å². The summed E-state index contributed by atoms with van der Waals surface area (Å²) in [6.45, 7) is 0. The zero-order valence-corrected chi connectivity index (χ0v) is 42.0. The molecule has 364 valence electrons. The molecule has 12 aromatic carbocycles. The van der Waals surface area contributed by atoms with E-state index in [1.165, 1.54) is 26.8 Å². The summed E-state index contributed by atoms with van der Waals surface area (Å²) in [7, 11) is 0. The highest BCUT2D eigenvalue weighted by Gasteiger charge is 2.13. The number of aromatic nitrogens is 2. The van der Waals surface area contributed by atoms with Crippen molar-refractivity contribution in [2.45, 2.75) is 0 Å². The number of benzene rings is 12. The van der Waals surface area contributed by atoms with E-state index in [1.54, 1.807) is 12.1 Å². The van der Waals surface area contributed by atoms with Crippen LogP contribution < -0.4 is 0 Å². The highest BCUT2D eigenvalue weighted by Crippen LogP contribution is 2.37. The van der Waals surface area contributed by atoms with Gasteiger partial charge in [-0.05, 0) is 129 Å². The fourth-order valence-electron chi connectivity index (χ4n) is 9.96. The molecule has 4 aromatic heterocycles. The molecule has 0 aliphatic rings. The summed E-state index contributed by atoms with van der Waals surface area (Å²) in [4.78, 5) is 2.71. The van der Waals surface area contributed by atoms with Crippen molar-refractivity contribution in [1.82, 2.24) is 9.55 Å². The van der Waals surface area contributed by atoms with Crippen LogP contribution in [0, 0.1) is 0 Å². The van der Waals surface area contributed by atoms with E-state index in [2.05, 4.69) is 124 Å². The molecule has 0 spiro atoms. The third kappa shape index (κ3) is 8.63. The Labute approximate surface area is 475 Å². The van der Waals surface area contributed by atoms with Gasteiger partial charge in [-0.15, -0.1) is 0 Å². The molecule has 16 rings (SSSR count). The van der Waals surface area contributed by atoms with Crippen LogP contribution in [-0.4, -0.2) is 9.55 Å². The average Bonchev–Trinajstić information content (AvgIpc) is 1.55. The Hall–Kier alpha value is -9.68. The lowest BCUT2D eigenvalue weighted by atomic mass is 9.99. The van der Waals surface area contributed by atoms with Crippen LogP contribution in [0.2, 0.25) is 0 Å². The number of nitrogens with one attached hydrogen (secondary N) is 1. The topological polar surface area (TPSA) is 47.0 Å². The second kappa shape index (κ2) is 19.5. The Morgan fingerprint density at radius 2 is 0.649 bits per heavy atom. The second-order valence-electron chi connectivity index (χ2n) is 18.2. The van der Waals surface area contributed by atoms with Crippen molar-refractivity contribution >= 4 is 103 Å². The van der Waals surface area contributed by atoms with Crippen molar-refractivity contribution in [3.8, 4) is 50.2 Å². The maximum absolute atomic E-state index is 8.71. The minimum Gasteiger partial charge on any atom is -0.456 e. The van der Waals surface area contributed by atoms with Gasteiger partial charge in [0.1, 0.15) is 22.3 Å². The first-order valence-corrected chi connectivity index (χ1v) is 25.4. The molecule has 0 aliphatic heterocycles. The molecule has 0 unspecified atom stereocenters. The van der Waals surface area contributed by atoms with E-state index in [-0.39, 0.29) is 92.0 Å². The van der Waals surface area contributed by atoms with Crippen molar-refractivity contribution < 1.29 is 30.8 Å². The van der Waals surface area contributed by atoms with Gasteiger partial charge >= 0.3 is 0 Å². The van der Waals surface area contributed by atoms with Gasteiger partial charge in [-0.1, -0.05) is 210 Å². The summed E-state index contributed by atoms with van der Waals surface area (Å²) < 4.78 is 145. The standard InChI is InChI=1S/C36H23NO.C24H15BrO.C12H9N/c1-4-10-33-29(7-1)30-8-2-5-11-34(30)37(33)28-20-17-25(18-21-28)24-13-15-26(16-14-24)27-19-22-36-32(23-27)31-9-3-6-12-35(31)38-36;25-20-12-9-17(10-13-20)16-5-7-18(8-6-16)19-11-14-24-22(15-19)21-3-1-2-4-23(21)26-24;1-3-7-11-9(5-1)10-6-2-4-8-12(10)13-11/h1-23H;1-15H;1-8,13H/i1D,2D,4D,5D,7D,8D,10D,11D;;1D,2D,3D,4D,5D,6D,7D,8D. The number of H-pyrrole nitrogens is 1. The summed E-state index contributed by atoms with van der Waals surface area (Å²) in [6.07, 6.45) is 0. The van der Waals surface area contributed by atoms with E-state index in [4.69, 9.17) is 30.8 Å². The van der Waals surface area contributed by atoms with Crippen molar-refractivity contribution in [1.29, 1.82) is 0 Å². The van der Waals surface area contributed by atoms with Gasteiger partial charge in [-0.3, -0.25) is 0 Å². The summed E-state index contributed by atoms with van der Waals surface area (Å²) in [6, 6.07) is 55.4. The minimum absolute atomic E-state index is 0.0641. The van der Waals surface area contributed by atoms with Gasteiger partial charge in [0.2, 0.25) is 0 Å². The Balaban J connectivity index is 0.000000134. The van der Waals surface area contributed by atoms with E-state index < -0.39 is 48.3 Å². The number of hydrogen-bond acceptors (Lipinski definition) is 2. The van der Waals surface area contributed by atoms with E-state index >= 15 is 0 Å². The van der Waals surface area contributed by atoms with Gasteiger partial charge in [0.25, 0.3) is 0 Å². The molecule has 0 amide bonds. The fraction of sp³-hybridized carbons (Fsp3) is 0. The molecule has 0 radical (unpaired) electrons. The van der Waals surface area contributed by atoms with Crippen molar-refractivity contribution in [3.05, 3.63) is 283 Å². The molecule has 4 nitrogen and oxygen atoms in total.